The molecule has 1 unspecified atom stereocenters. The molecular formula is C9H15N3O2. The number of rotatable bonds is 5. The van der Waals surface area contributed by atoms with Crippen molar-refractivity contribution in [1.82, 2.24) is 10.3 Å². The first-order valence-corrected chi connectivity index (χ1v) is 4.38. The maximum Gasteiger partial charge on any atom is 0.239 e. The lowest BCUT2D eigenvalue weighted by atomic mass is 10.3. The summed E-state index contributed by atoms with van der Waals surface area (Å²) in [5.41, 5.74) is 6.54. The SMILES string of the molecule is COCC(N)C(=O)NCc1cc[nH]c1. The van der Waals surface area contributed by atoms with Crippen LogP contribution in [0.3, 0.4) is 0 Å². The van der Waals surface area contributed by atoms with Crippen molar-refractivity contribution in [2.24, 2.45) is 5.73 Å². The summed E-state index contributed by atoms with van der Waals surface area (Å²) >= 11 is 0. The van der Waals surface area contributed by atoms with Gasteiger partial charge >= 0.3 is 0 Å². The molecule has 0 saturated carbocycles. The number of carbonyl (C=O) groups is 1. The molecule has 0 aliphatic carbocycles. The van der Waals surface area contributed by atoms with Gasteiger partial charge < -0.3 is 20.8 Å². The summed E-state index contributed by atoms with van der Waals surface area (Å²) in [5.74, 6) is -0.201. The Bertz CT molecular complexity index is 272. The average molecular weight is 197 g/mol. The van der Waals surface area contributed by atoms with Gasteiger partial charge in [-0.15, -0.1) is 0 Å². The molecule has 1 heterocycles. The van der Waals surface area contributed by atoms with Gasteiger partial charge in [-0.3, -0.25) is 4.79 Å². The molecule has 1 aromatic rings. The highest BCUT2D eigenvalue weighted by Crippen LogP contribution is 1.95. The van der Waals surface area contributed by atoms with Crippen molar-refractivity contribution in [2.75, 3.05) is 13.7 Å². The lowest BCUT2D eigenvalue weighted by Gasteiger charge is -2.10. The van der Waals surface area contributed by atoms with Gasteiger partial charge in [0.05, 0.1) is 6.61 Å². The number of carbonyl (C=O) groups excluding carboxylic acids is 1. The number of aromatic nitrogens is 1. The molecule has 0 bridgehead atoms. The van der Waals surface area contributed by atoms with E-state index in [9.17, 15) is 4.79 Å². The Kier molecular flexibility index (Phi) is 4.15. The van der Waals surface area contributed by atoms with Gasteiger partial charge in [0.2, 0.25) is 5.91 Å². The zero-order valence-electron chi connectivity index (χ0n) is 8.12. The summed E-state index contributed by atoms with van der Waals surface area (Å²) in [6.07, 6.45) is 3.62. The van der Waals surface area contributed by atoms with E-state index in [1.165, 1.54) is 7.11 Å². The Morgan fingerprint density at radius 3 is 3.14 bits per heavy atom. The maximum atomic E-state index is 11.3. The topological polar surface area (TPSA) is 80.1 Å². The van der Waals surface area contributed by atoms with Gasteiger partial charge in [-0.25, -0.2) is 0 Å². The first-order chi connectivity index (χ1) is 6.74. The van der Waals surface area contributed by atoms with E-state index in [1.54, 1.807) is 6.20 Å². The first-order valence-electron chi connectivity index (χ1n) is 4.38. The Labute approximate surface area is 82.6 Å². The number of H-pyrrole nitrogens is 1. The van der Waals surface area contributed by atoms with Crippen LogP contribution in [0.1, 0.15) is 5.56 Å². The van der Waals surface area contributed by atoms with E-state index < -0.39 is 6.04 Å². The molecule has 0 aliphatic rings. The molecule has 1 rings (SSSR count). The number of hydrogen-bond acceptors (Lipinski definition) is 3. The molecule has 78 valence electrons. The van der Waals surface area contributed by atoms with Crippen LogP contribution < -0.4 is 11.1 Å². The van der Waals surface area contributed by atoms with Gasteiger partial charge in [0.1, 0.15) is 6.04 Å². The first kappa shape index (κ1) is 10.7. The van der Waals surface area contributed by atoms with Crippen LogP contribution in [0, 0.1) is 0 Å². The molecular weight excluding hydrogens is 182 g/mol. The highest BCUT2D eigenvalue weighted by Gasteiger charge is 2.11. The molecule has 0 aliphatic heterocycles. The van der Waals surface area contributed by atoms with Crippen molar-refractivity contribution >= 4 is 5.91 Å². The summed E-state index contributed by atoms with van der Waals surface area (Å²) in [6, 6.07) is 1.29. The summed E-state index contributed by atoms with van der Waals surface area (Å²) in [4.78, 5) is 14.2. The molecule has 14 heavy (non-hydrogen) atoms. The fraction of sp³-hybridized carbons (Fsp3) is 0.444. The van der Waals surface area contributed by atoms with Crippen LogP contribution in [0.5, 0.6) is 0 Å². The second-order valence-electron chi connectivity index (χ2n) is 3.00. The lowest BCUT2D eigenvalue weighted by Crippen LogP contribution is -2.43. The van der Waals surface area contributed by atoms with Crippen LogP contribution in [0.2, 0.25) is 0 Å². The van der Waals surface area contributed by atoms with Crippen LogP contribution in [0.25, 0.3) is 0 Å². The molecule has 0 spiro atoms. The second-order valence-corrected chi connectivity index (χ2v) is 3.00. The fourth-order valence-electron chi connectivity index (χ4n) is 1.04. The normalized spacial score (nSPS) is 12.4. The molecule has 1 aromatic heterocycles. The molecule has 5 heteroatoms. The third-order valence-electron chi connectivity index (χ3n) is 1.81. The average Bonchev–Trinajstić information content (AvgIpc) is 2.67. The Morgan fingerprint density at radius 2 is 2.57 bits per heavy atom. The molecule has 4 N–H and O–H groups in total. The standard InChI is InChI=1S/C9H15N3O2/c1-14-6-8(10)9(13)12-5-7-2-3-11-4-7/h2-4,8,11H,5-6,10H2,1H3,(H,12,13). The molecule has 0 radical (unpaired) electrons. The molecule has 1 amide bonds. The van der Waals surface area contributed by atoms with Crippen LogP contribution >= 0.6 is 0 Å². The molecule has 1 atom stereocenters. The van der Waals surface area contributed by atoms with E-state index in [4.69, 9.17) is 10.5 Å². The predicted octanol–water partition coefficient (Wildman–Crippen LogP) is -0.395. The Hall–Kier alpha value is -1.33. The molecule has 0 fully saturated rings. The number of hydrogen-bond donors (Lipinski definition) is 3. The van der Waals surface area contributed by atoms with Crippen LogP contribution in [0.15, 0.2) is 18.5 Å². The monoisotopic (exact) mass is 197 g/mol. The largest absolute Gasteiger partial charge is 0.383 e. The van der Waals surface area contributed by atoms with Gasteiger partial charge in [0.15, 0.2) is 0 Å². The zero-order chi connectivity index (χ0) is 10.4. The smallest absolute Gasteiger partial charge is 0.239 e. The number of ether oxygens (including phenoxy) is 1. The predicted molar refractivity (Wildman–Crippen MR) is 52.5 cm³/mol. The number of aromatic amines is 1. The van der Waals surface area contributed by atoms with Gasteiger partial charge in [-0.1, -0.05) is 0 Å². The van der Waals surface area contributed by atoms with Crippen molar-refractivity contribution in [2.45, 2.75) is 12.6 Å². The number of nitrogens with two attached hydrogens (primary N) is 1. The van der Waals surface area contributed by atoms with Gasteiger partial charge in [0, 0.05) is 26.0 Å². The quantitative estimate of drug-likeness (QED) is 0.601. The minimum Gasteiger partial charge on any atom is -0.383 e. The third-order valence-corrected chi connectivity index (χ3v) is 1.81. The van der Waals surface area contributed by atoms with Crippen molar-refractivity contribution in [1.29, 1.82) is 0 Å². The van der Waals surface area contributed by atoms with E-state index in [1.807, 2.05) is 12.3 Å². The number of amides is 1. The Balaban J connectivity index is 2.27. The van der Waals surface area contributed by atoms with Crippen molar-refractivity contribution in [3.8, 4) is 0 Å². The van der Waals surface area contributed by atoms with E-state index in [-0.39, 0.29) is 12.5 Å². The summed E-state index contributed by atoms with van der Waals surface area (Å²) in [5, 5.41) is 2.71. The summed E-state index contributed by atoms with van der Waals surface area (Å²) < 4.78 is 4.77. The number of nitrogens with one attached hydrogen (secondary N) is 2. The third kappa shape index (κ3) is 3.20. The zero-order valence-corrected chi connectivity index (χ0v) is 8.12. The maximum absolute atomic E-state index is 11.3. The molecule has 5 nitrogen and oxygen atoms in total. The minimum absolute atomic E-state index is 0.201. The van der Waals surface area contributed by atoms with Crippen molar-refractivity contribution < 1.29 is 9.53 Å². The molecule has 0 saturated heterocycles. The number of methoxy groups -OCH3 is 1. The highest BCUT2D eigenvalue weighted by atomic mass is 16.5. The second kappa shape index (κ2) is 5.41. The van der Waals surface area contributed by atoms with Crippen LogP contribution in [-0.2, 0) is 16.1 Å². The highest BCUT2D eigenvalue weighted by molar-refractivity contribution is 5.81. The minimum atomic E-state index is -0.598. The van der Waals surface area contributed by atoms with Crippen LogP contribution in [0.4, 0.5) is 0 Å². The summed E-state index contributed by atoms with van der Waals surface area (Å²) in [6.45, 7) is 0.721. The van der Waals surface area contributed by atoms with Crippen molar-refractivity contribution in [3.63, 3.8) is 0 Å². The van der Waals surface area contributed by atoms with E-state index in [2.05, 4.69) is 10.3 Å². The van der Waals surface area contributed by atoms with Gasteiger partial charge in [-0.05, 0) is 11.6 Å². The van der Waals surface area contributed by atoms with E-state index >= 15 is 0 Å². The van der Waals surface area contributed by atoms with Crippen molar-refractivity contribution in [3.05, 3.63) is 24.0 Å². The summed E-state index contributed by atoms with van der Waals surface area (Å²) in [7, 11) is 1.51. The fourth-order valence-corrected chi connectivity index (χ4v) is 1.04. The van der Waals surface area contributed by atoms with Gasteiger partial charge in [-0.2, -0.15) is 0 Å². The lowest BCUT2D eigenvalue weighted by molar-refractivity contribution is -0.123. The van der Waals surface area contributed by atoms with E-state index in [0.717, 1.165) is 5.56 Å². The van der Waals surface area contributed by atoms with E-state index in [0.29, 0.717) is 6.54 Å². The molecule has 0 aromatic carbocycles. The van der Waals surface area contributed by atoms with Gasteiger partial charge in [0.25, 0.3) is 0 Å². The van der Waals surface area contributed by atoms with Crippen LogP contribution in [-0.4, -0.2) is 30.6 Å². The Morgan fingerprint density at radius 1 is 1.79 bits per heavy atom.